The molecule has 0 fully saturated rings. The van der Waals surface area contributed by atoms with Crippen LogP contribution >= 0.6 is 0 Å². The summed E-state index contributed by atoms with van der Waals surface area (Å²) >= 11 is 0. The third-order valence-electron chi connectivity index (χ3n) is 2.85. The molecule has 0 saturated carbocycles. The lowest BCUT2D eigenvalue weighted by atomic mass is 10.1. The fourth-order valence-corrected chi connectivity index (χ4v) is 2.11. The Kier molecular flexibility index (Phi) is 3.46. The molecule has 2 unspecified atom stereocenters. The van der Waals surface area contributed by atoms with Gasteiger partial charge in [0.05, 0.1) is 12.6 Å². The first-order chi connectivity index (χ1) is 7.70. The summed E-state index contributed by atoms with van der Waals surface area (Å²) < 4.78 is 10.8. The molecular weight excluding hydrogens is 202 g/mol. The van der Waals surface area contributed by atoms with Crippen molar-refractivity contribution in [2.24, 2.45) is 0 Å². The van der Waals surface area contributed by atoms with E-state index >= 15 is 0 Å². The van der Waals surface area contributed by atoms with Crippen molar-refractivity contribution in [3.8, 4) is 5.75 Å². The summed E-state index contributed by atoms with van der Waals surface area (Å²) in [4.78, 5) is 0. The molecule has 0 saturated heterocycles. The summed E-state index contributed by atoms with van der Waals surface area (Å²) in [5.74, 6) is 1.01. The summed E-state index contributed by atoms with van der Waals surface area (Å²) in [5, 5.41) is 3.51. The van der Waals surface area contributed by atoms with E-state index in [9.17, 15) is 0 Å². The molecule has 1 aromatic rings. The highest BCUT2D eigenvalue weighted by atomic mass is 16.5. The third kappa shape index (κ3) is 2.36. The van der Waals surface area contributed by atoms with Gasteiger partial charge in [-0.15, -0.1) is 0 Å². The molecule has 0 aliphatic carbocycles. The minimum Gasteiger partial charge on any atom is -0.491 e. The van der Waals surface area contributed by atoms with Gasteiger partial charge in [0.2, 0.25) is 0 Å². The van der Waals surface area contributed by atoms with Crippen LogP contribution in [-0.4, -0.2) is 26.4 Å². The van der Waals surface area contributed by atoms with Crippen molar-refractivity contribution in [1.29, 1.82) is 0 Å². The van der Waals surface area contributed by atoms with Gasteiger partial charge >= 0.3 is 0 Å². The second-order valence-corrected chi connectivity index (χ2v) is 4.43. The molecule has 0 aromatic heterocycles. The molecule has 3 nitrogen and oxygen atoms in total. The summed E-state index contributed by atoms with van der Waals surface area (Å²) in [5.41, 5.74) is 2.54. The lowest BCUT2D eigenvalue weighted by Crippen LogP contribution is -2.34. The number of hydrogen-bond donors (Lipinski definition) is 1. The van der Waals surface area contributed by atoms with Crippen LogP contribution in [0.15, 0.2) is 18.2 Å². The van der Waals surface area contributed by atoms with Crippen LogP contribution in [0, 0.1) is 6.92 Å². The number of methoxy groups -OCH3 is 1. The molecule has 2 atom stereocenters. The first kappa shape index (κ1) is 11.4. The molecule has 1 aromatic carbocycles. The molecule has 0 radical (unpaired) electrons. The van der Waals surface area contributed by atoms with Crippen LogP contribution in [0.3, 0.4) is 0 Å². The fraction of sp³-hybridized carbons (Fsp3) is 0.538. The lowest BCUT2D eigenvalue weighted by Gasteiger charge is -2.18. The molecule has 1 N–H and O–H groups in total. The largest absolute Gasteiger partial charge is 0.491 e. The Morgan fingerprint density at radius 1 is 1.56 bits per heavy atom. The van der Waals surface area contributed by atoms with E-state index in [1.165, 1.54) is 11.1 Å². The smallest absolute Gasteiger partial charge is 0.124 e. The fourth-order valence-electron chi connectivity index (χ4n) is 2.11. The van der Waals surface area contributed by atoms with Gasteiger partial charge < -0.3 is 14.8 Å². The van der Waals surface area contributed by atoms with Gasteiger partial charge in [0.1, 0.15) is 12.4 Å². The average Bonchev–Trinajstić information content (AvgIpc) is 2.61. The van der Waals surface area contributed by atoms with Crippen molar-refractivity contribution in [3.63, 3.8) is 0 Å². The highest BCUT2D eigenvalue weighted by Gasteiger charge is 2.24. The van der Waals surface area contributed by atoms with Gasteiger partial charge in [0.15, 0.2) is 0 Å². The van der Waals surface area contributed by atoms with Gasteiger partial charge in [-0.3, -0.25) is 0 Å². The summed E-state index contributed by atoms with van der Waals surface area (Å²) in [6, 6.07) is 6.96. The van der Waals surface area contributed by atoms with Gasteiger partial charge in [-0.05, 0) is 19.9 Å². The van der Waals surface area contributed by atoms with Crippen molar-refractivity contribution in [3.05, 3.63) is 29.3 Å². The molecule has 88 valence electrons. The van der Waals surface area contributed by atoms with Crippen molar-refractivity contribution in [2.75, 3.05) is 20.3 Å². The second-order valence-electron chi connectivity index (χ2n) is 4.43. The normalized spacial score (nSPS) is 20.3. The monoisotopic (exact) mass is 221 g/mol. The maximum absolute atomic E-state index is 5.64. The Bertz CT molecular complexity index is 365. The number of hydrogen-bond acceptors (Lipinski definition) is 3. The molecule has 1 heterocycles. The van der Waals surface area contributed by atoms with E-state index in [-0.39, 0.29) is 0 Å². The zero-order valence-electron chi connectivity index (χ0n) is 10.1. The van der Waals surface area contributed by atoms with Gasteiger partial charge in [-0.2, -0.15) is 0 Å². The van der Waals surface area contributed by atoms with Crippen LogP contribution in [0.2, 0.25) is 0 Å². The molecule has 0 spiro atoms. The topological polar surface area (TPSA) is 30.5 Å². The van der Waals surface area contributed by atoms with Crippen molar-refractivity contribution in [2.45, 2.75) is 25.9 Å². The minimum atomic E-state index is 0.292. The molecule has 2 rings (SSSR count). The third-order valence-corrected chi connectivity index (χ3v) is 2.85. The first-order valence-corrected chi connectivity index (χ1v) is 5.69. The maximum Gasteiger partial charge on any atom is 0.124 e. The van der Waals surface area contributed by atoms with E-state index in [4.69, 9.17) is 9.47 Å². The predicted octanol–water partition coefficient (Wildman–Crippen LogP) is 2.05. The molecule has 0 amide bonds. The van der Waals surface area contributed by atoms with E-state index in [0.717, 1.165) is 12.4 Å². The summed E-state index contributed by atoms with van der Waals surface area (Å²) in [6.07, 6.45) is 0. The lowest BCUT2D eigenvalue weighted by molar-refractivity contribution is 0.163. The van der Waals surface area contributed by atoms with Crippen LogP contribution in [0.25, 0.3) is 0 Å². The molecule has 16 heavy (non-hydrogen) atoms. The molecule has 3 heteroatoms. The number of ether oxygens (including phenoxy) is 2. The minimum absolute atomic E-state index is 0.292. The standard InChI is InChI=1S/C13H19NO2/c1-9-4-5-13-11(6-9)12(8-16-13)14-10(2)7-15-3/h4-6,10,12,14H,7-8H2,1-3H3. The number of nitrogens with one attached hydrogen (secondary N) is 1. The molecular formula is C13H19NO2. The van der Waals surface area contributed by atoms with Gasteiger partial charge in [0.25, 0.3) is 0 Å². The van der Waals surface area contributed by atoms with Crippen LogP contribution in [0.5, 0.6) is 5.75 Å². The van der Waals surface area contributed by atoms with Crippen molar-refractivity contribution in [1.82, 2.24) is 5.32 Å². The van der Waals surface area contributed by atoms with Gasteiger partial charge in [-0.25, -0.2) is 0 Å². The van der Waals surface area contributed by atoms with E-state index in [0.29, 0.717) is 18.7 Å². The number of aryl methyl sites for hydroxylation is 1. The SMILES string of the molecule is COCC(C)NC1COc2ccc(C)cc21. The number of fused-ring (bicyclic) bond motifs is 1. The van der Waals surface area contributed by atoms with Gasteiger partial charge in [-0.1, -0.05) is 17.7 Å². The average molecular weight is 221 g/mol. The zero-order valence-corrected chi connectivity index (χ0v) is 10.1. The van der Waals surface area contributed by atoms with Crippen LogP contribution in [0.4, 0.5) is 0 Å². The van der Waals surface area contributed by atoms with E-state index in [1.807, 2.05) is 6.07 Å². The first-order valence-electron chi connectivity index (χ1n) is 5.69. The van der Waals surface area contributed by atoms with E-state index in [1.54, 1.807) is 7.11 Å². The Morgan fingerprint density at radius 3 is 3.12 bits per heavy atom. The molecule has 1 aliphatic rings. The van der Waals surface area contributed by atoms with Crippen molar-refractivity contribution < 1.29 is 9.47 Å². The number of rotatable bonds is 4. The summed E-state index contributed by atoms with van der Waals surface area (Å²) in [6.45, 7) is 5.66. The Hall–Kier alpha value is -1.06. The van der Waals surface area contributed by atoms with Crippen molar-refractivity contribution >= 4 is 0 Å². The van der Waals surface area contributed by atoms with Crippen LogP contribution < -0.4 is 10.1 Å². The Balaban J connectivity index is 2.08. The van der Waals surface area contributed by atoms with E-state index in [2.05, 4.69) is 31.3 Å². The van der Waals surface area contributed by atoms with Gasteiger partial charge in [0, 0.05) is 18.7 Å². The maximum atomic E-state index is 5.64. The zero-order chi connectivity index (χ0) is 11.5. The van der Waals surface area contributed by atoms with Crippen LogP contribution in [-0.2, 0) is 4.74 Å². The molecule has 0 bridgehead atoms. The van der Waals surface area contributed by atoms with E-state index < -0.39 is 0 Å². The summed E-state index contributed by atoms with van der Waals surface area (Å²) in [7, 11) is 1.72. The second kappa shape index (κ2) is 4.85. The molecule has 1 aliphatic heterocycles. The number of benzene rings is 1. The Morgan fingerprint density at radius 2 is 2.38 bits per heavy atom. The quantitative estimate of drug-likeness (QED) is 0.844. The predicted molar refractivity (Wildman–Crippen MR) is 63.9 cm³/mol. The van der Waals surface area contributed by atoms with Crippen LogP contribution in [0.1, 0.15) is 24.1 Å². The Labute approximate surface area is 96.8 Å². The highest BCUT2D eigenvalue weighted by Crippen LogP contribution is 2.32. The highest BCUT2D eigenvalue weighted by molar-refractivity contribution is 5.42.